The predicted molar refractivity (Wildman–Crippen MR) is 222 cm³/mol. The van der Waals surface area contributed by atoms with Crippen LogP contribution in [-0.2, 0) is 0 Å². The van der Waals surface area contributed by atoms with Crippen molar-refractivity contribution in [3.05, 3.63) is 125 Å². The third-order valence-corrected chi connectivity index (χ3v) is 8.35. The molecular formula is C42H49ClN8O4. The number of ether oxygens (including phenoxy) is 4. The van der Waals surface area contributed by atoms with Crippen LogP contribution in [0.2, 0.25) is 5.15 Å². The van der Waals surface area contributed by atoms with Crippen LogP contribution in [0.15, 0.2) is 97.3 Å². The lowest BCUT2D eigenvalue weighted by Gasteiger charge is -2.18. The van der Waals surface area contributed by atoms with Gasteiger partial charge in [0.05, 0.1) is 26.6 Å². The van der Waals surface area contributed by atoms with Gasteiger partial charge >= 0.3 is 0 Å². The Hall–Kier alpha value is -6.27. The molecule has 6 rings (SSSR count). The highest BCUT2D eigenvalue weighted by Crippen LogP contribution is 2.39. The van der Waals surface area contributed by atoms with Gasteiger partial charge in [0.25, 0.3) is 0 Å². The smallest absolute Gasteiger partial charge is 0.222 e. The summed E-state index contributed by atoms with van der Waals surface area (Å²) in [5.41, 5.74) is 22.4. The monoisotopic (exact) mass is 764 g/mol. The maximum absolute atomic E-state index is 6.21. The second-order valence-corrected chi connectivity index (χ2v) is 13.3. The third kappa shape index (κ3) is 11.9. The molecule has 4 aromatic carbocycles. The normalized spacial score (nSPS) is 10.5. The fourth-order valence-electron chi connectivity index (χ4n) is 5.20. The van der Waals surface area contributed by atoms with Gasteiger partial charge in [-0.1, -0.05) is 75.7 Å². The zero-order valence-corrected chi connectivity index (χ0v) is 33.2. The van der Waals surface area contributed by atoms with Gasteiger partial charge in [-0.25, -0.2) is 9.97 Å². The number of methoxy groups -OCH3 is 2. The van der Waals surface area contributed by atoms with E-state index in [0.717, 1.165) is 50.9 Å². The van der Waals surface area contributed by atoms with Gasteiger partial charge in [0, 0.05) is 22.5 Å². The molecule has 0 aliphatic heterocycles. The van der Waals surface area contributed by atoms with Crippen LogP contribution < -0.4 is 41.5 Å². The molecule has 0 unspecified atom stereocenters. The molecule has 0 spiro atoms. The van der Waals surface area contributed by atoms with Crippen molar-refractivity contribution in [3.8, 4) is 34.5 Å². The Morgan fingerprint density at radius 3 is 1.47 bits per heavy atom. The Morgan fingerprint density at radius 1 is 0.582 bits per heavy atom. The van der Waals surface area contributed by atoms with Gasteiger partial charge in [0.1, 0.15) is 23.0 Å². The molecule has 0 atom stereocenters. The Balaban J connectivity index is 0.000000212. The first kappa shape index (κ1) is 41.5. The second-order valence-electron chi connectivity index (χ2n) is 13.0. The number of para-hydroxylation sites is 2. The van der Waals surface area contributed by atoms with Crippen LogP contribution in [-0.4, -0.2) is 34.2 Å². The number of benzene rings is 4. The summed E-state index contributed by atoms with van der Waals surface area (Å²) in [6.45, 7) is 12.3. The minimum atomic E-state index is 0.113. The second kappa shape index (κ2) is 19.7. The van der Waals surface area contributed by atoms with Crippen LogP contribution >= 0.6 is 11.6 Å². The van der Waals surface area contributed by atoms with E-state index in [9.17, 15) is 0 Å². The van der Waals surface area contributed by atoms with Gasteiger partial charge in [-0.15, -0.1) is 0 Å². The number of aryl methyl sites for hydroxylation is 2. The Labute approximate surface area is 328 Å². The number of nitrogens with two attached hydrogens (primary N) is 3. The number of hydrogen-bond donors (Lipinski definition) is 4. The van der Waals surface area contributed by atoms with E-state index in [1.165, 1.54) is 6.20 Å². The first-order valence-electron chi connectivity index (χ1n) is 17.5. The summed E-state index contributed by atoms with van der Waals surface area (Å²) >= 11 is 6.03. The van der Waals surface area contributed by atoms with Gasteiger partial charge in [-0.05, 0) is 85.3 Å². The molecule has 7 N–H and O–H groups in total. The quantitative estimate of drug-likeness (QED) is 0.0767. The number of halogens is 1. The summed E-state index contributed by atoms with van der Waals surface area (Å²) in [5, 5.41) is 3.42. The van der Waals surface area contributed by atoms with Gasteiger partial charge in [-0.2, -0.15) is 9.97 Å². The topological polar surface area (TPSA) is 179 Å². The average Bonchev–Trinajstić information content (AvgIpc) is 3.15. The molecule has 55 heavy (non-hydrogen) atoms. The van der Waals surface area contributed by atoms with E-state index in [0.29, 0.717) is 23.1 Å². The third-order valence-electron chi connectivity index (χ3n) is 8.08. The number of anilines is 5. The molecule has 0 amide bonds. The van der Waals surface area contributed by atoms with Gasteiger partial charge in [0.2, 0.25) is 11.9 Å². The minimum Gasteiger partial charge on any atom is -0.496 e. The lowest BCUT2D eigenvalue weighted by atomic mass is 10.00. The maximum atomic E-state index is 6.21. The van der Waals surface area contributed by atoms with Crippen molar-refractivity contribution in [1.29, 1.82) is 0 Å². The van der Waals surface area contributed by atoms with Crippen molar-refractivity contribution in [2.75, 3.05) is 36.7 Å². The molecule has 0 bridgehead atoms. The average molecular weight is 765 g/mol. The first-order valence-corrected chi connectivity index (χ1v) is 17.9. The summed E-state index contributed by atoms with van der Waals surface area (Å²) in [6, 6.07) is 27.1. The molecule has 2 heterocycles. The fraction of sp³-hybridized carbons (Fsp3) is 0.238. The summed E-state index contributed by atoms with van der Waals surface area (Å²) in [7, 11) is 3.32. The molecular weight excluding hydrogens is 716 g/mol. The van der Waals surface area contributed by atoms with E-state index < -0.39 is 0 Å². The fourth-order valence-corrected chi connectivity index (χ4v) is 5.38. The SMILES string of the molecule is COc1cc(C(C)C)c(Oc2cnc(N)nc2Cl)cc1C.COc1cc(C(C)C)c(Oc2cnc(N)nc2Nc2ccccc2)cc1C.Nc1ccccc1. The zero-order valence-electron chi connectivity index (χ0n) is 32.4. The molecule has 13 heteroatoms. The van der Waals surface area contributed by atoms with E-state index in [1.54, 1.807) is 20.4 Å². The van der Waals surface area contributed by atoms with Crippen molar-refractivity contribution in [1.82, 2.24) is 19.9 Å². The Morgan fingerprint density at radius 2 is 1.04 bits per heavy atom. The van der Waals surface area contributed by atoms with Crippen LogP contribution in [0.3, 0.4) is 0 Å². The number of nitrogens with zero attached hydrogens (tertiary/aromatic N) is 4. The Kier molecular flexibility index (Phi) is 14.9. The molecule has 0 fully saturated rings. The molecule has 0 aliphatic carbocycles. The van der Waals surface area contributed by atoms with Crippen molar-refractivity contribution >= 4 is 40.7 Å². The van der Waals surface area contributed by atoms with Crippen LogP contribution in [0.5, 0.6) is 34.5 Å². The van der Waals surface area contributed by atoms with E-state index in [1.807, 2.05) is 98.8 Å². The van der Waals surface area contributed by atoms with E-state index >= 15 is 0 Å². The largest absolute Gasteiger partial charge is 0.496 e. The van der Waals surface area contributed by atoms with Crippen LogP contribution in [0.4, 0.5) is 29.1 Å². The highest BCUT2D eigenvalue weighted by Gasteiger charge is 2.17. The summed E-state index contributed by atoms with van der Waals surface area (Å²) in [4.78, 5) is 16.2. The maximum Gasteiger partial charge on any atom is 0.222 e. The zero-order chi connectivity index (χ0) is 40.1. The number of rotatable bonds is 10. The summed E-state index contributed by atoms with van der Waals surface area (Å²) in [6.07, 6.45) is 3.05. The molecule has 0 aliphatic rings. The molecule has 0 radical (unpaired) electrons. The van der Waals surface area contributed by atoms with E-state index in [4.69, 9.17) is 47.7 Å². The van der Waals surface area contributed by atoms with Crippen LogP contribution in [0.25, 0.3) is 0 Å². The minimum absolute atomic E-state index is 0.113. The van der Waals surface area contributed by atoms with E-state index in [2.05, 4.69) is 52.9 Å². The Bertz CT molecular complexity index is 2150. The highest BCUT2D eigenvalue weighted by molar-refractivity contribution is 6.30. The predicted octanol–water partition coefficient (Wildman–Crippen LogP) is 10.2. The summed E-state index contributed by atoms with van der Waals surface area (Å²) in [5.74, 6) is 5.31. The molecule has 2 aromatic heterocycles. The van der Waals surface area contributed by atoms with Crippen LogP contribution in [0, 0.1) is 13.8 Å². The van der Waals surface area contributed by atoms with Gasteiger partial charge in [0.15, 0.2) is 22.5 Å². The van der Waals surface area contributed by atoms with Crippen molar-refractivity contribution in [2.24, 2.45) is 0 Å². The van der Waals surface area contributed by atoms with Gasteiger partial charge < -0.3 is 41.5 Å². The van der Waals surface area contributed by atoms with E-state index in [-0.39, 0.29) is 28.9 Å². The number of nitrogens with one attached hydrogen (secondary N) is 1. The molecule has 0 saturated heterocycles. The van der Waals surface area contributed by atoms with Crippen LogP contribution in [0.1, 0.15) is 61.8 Å². The number of nitrogen functional groups attached to an aromatic ring is 3. The van der Waals surface area contributed by atoms with Crippen molar-refractivity contribution in [3.63, 3.8) is 0 Å². The first-order chi connectivity index (χ1) is 26.3. The molecule has 6 aromatic rings. The number of aromatic nitrogens is 4. The lowest BCUT2D eigenvalue weighted by molar-refractivity contribution is 0.407. The number of hydrogen-bond acceptors (Lipinski definition) is 12. The van der Waals surface area contributed by atoms with Crippen molar-refractivity contribution in [2.45, 2.75) is 53.4 Å². The lowest BCUT2D eigenvalue weighted by Crippen LogP contribution is -2.04. The molecule has 288 valence electrons. The molecule has 12 nitrogen and oxygen atoms in total. The van der Waals surface area contributed by atoms with Crippen molar-refractivity contribution < 1.29 is 18.9 Å². The standard InChI is InChI=1S/C21H24N4O2.C15H18ClN3O2.C6H7N/c1-13(2)16-11-17(26-4)14(3)10-18(16)27-19-12-23-21(22)25-20(19)24-15-8-6-5-7-9-15;1-8(2)10-6-11(20-4)9(3)5-12(10)21-13-7-18-15(17)19-14(13)16;7-6-4-2-1-3-5-6/h5-13H,1-4H3,(H3,22,23,24,25);5-8H,1-4H3,(H2,17,18,19);1-5H,7H2. The molecule has 0 saturated carbocycles. The van der Waals surface area contributed by atoms with Gasteiger partial charge in [-0.3, -0.25) is 0 Å². The summed E-state index contributed by atoms with van der Waals surface area (Å²) < 4.78 is 22.9. The highest BCUT2D eigenvalue weighted by atomic mass is 35.5.